The molecule has 0 spiro atoms. The Morgan fingerprint density at radius 1 is 1.42 bits per heavy atom. The van der Waals surface area contributed by atoms with E-state index in [9.17, 15) is 0 Å². The number of fused-ring (bicyclic) bond motifs is 1. The zero-order valence-corrected chi connectivity index (χ0v) is 8.92. The van der Waals surface area contributed by atoms with E-state index in [0.717, 1.165) is 0 Å². The Hall–Kier alpha value is -0.300. The van der Waals surface area contributed by atoms with E-state index in [2.05, 4.69) is 26.8 Å². The molecule has 66 valence electrons. The van der Waals surface area contributed by atoms with Crippen molar-refractivity contribution < 1.29 is 0 Å². The Morgan fingerprint density at radius 2 is 2.17 bits per heavy atom. The molecule has 0 N–H and O–H groups in total. The van der Waals surface area contributed by atoms with Crippen LogP contribution in [0.5, 0.6) is 0 Å². The number of hydrogen-bond donors (Lipinski definition) is 0. The highest BCUT2D eigenvalue weighted by atomic mass is 32.1. The summed E-state index contributed by atoms with van der Waals surface area (Å²) >= 11 is 1.99. The molecule has 1 heteroatoms. The number of rotatable bonds is 0. The predicted octanol–water partition coefficient (Wildman–Crippen LogP) is 3.57. The molecule has 0 aromatic carbocycles. The molecule has 0 bridgehead atoms. The molecule has 1 heterocycles. The van der Waals surface area contributed by atoms with Crippen molar-refractivity contribution in [2.75, 3.05) is 0 Å². The summed E-state index contributed by atoms with van der Waals surface area (Å²) in [4.78, 5) is 3.13. The number of thiophene rings is 1. The third-order valence-corrected chi connectivity index (χ3v) is 3.87. The van der Waals surface area contributed by atoms with Crippen LogP contribution in [0.15, 0.2) is 6.07 Å². The van der Waals surface area contributed by atoms with Gasteiger partial charge in [0.1, 0.15) is 0 Å². The van der Waals surface area contributed by atoms with Crippen molar-refractivity contribution >= 4 is 11.3 Å². The minimum atomic E-state index is 0.542. The van der Waals surface area contributed by atoms with E-state index in [0.29, 0.717) is 5.41 Å². The fourth-order valence-corrected chi connectivity index (χ4v) is 3.09. The largest absolute Gasteiger partial charge is 0.145 e. The molecule has 0 fully saturated rings. The summed E-state index contributed by atoms with van der Waals surface area (Å²) in [7, 11) is 0. The van der Waals surface area contributed by atoms with Gasteiger partial charge in [0, 0.05) is 9.75 Å². The van der Waals surface area contributed by atoms with Crippen LogP contribution < -0.4 is 0 Å². The monoisotopic (exact) mass is 180 g/mol. The average Bonchev–Trinajstić information content (AvgIpc) is 2.26. The van der Waals surface area contributed by atoms with Crippen LogP contribution in [-0.4, -0.2) is 0 Å². The van der Waals surface area contributed by atoms with Crippen LogP contribution in [0.4, 0.5) is 0 Å². The molecule has 0 aliphatic heterocycles. The van der Waals surface area contributed by atoms with Crippen LogP contribution in [0.2, 0.25) is 0 Å². The lowest BCUT2D eigenvalue weighted by atomic mass is 9.77. The molecule has 2 rings (SSSR count). The van der Waals surface area contributed by atoms with Gasteiger partial charge in [-0.2, -0.15) is 0 Å². The predicted molar refractivity (Wildman–Crippen MR) is 54.9 cm³/mol. The molecule has 0 amide bonds. The summed E-state index contributed by atoms with van der Waals surface area (Å²) in [6.45, 7) is 6.97. The lowest BCUT2D eigenvalue weighted by molar-refractivity contribution is 0.318. The van der Waals surface area contributed by atoms with E-state index in [1.54, 1.807) is 10.4 Å². The van der Waals surface area contributed by atoms with E-state index in [4.69, 9.17) is 0 Å². The summed E-state index contributed by atoms with van der Waals surface area (Å²) in [6, 6.07) is 2.38. The van der Waals surface area contributed by atoms with Gasteiger partial charge in [0.15, 0.2) is 0 Å². The Kier molecular flexibility index (Phi) is 1.80. The average molecular weight is 180 g/mol. The Bertz CT molecular complexity index is 294. The second kappa shape index (κ2) is 2.59. The summed E-state index contributed by atoms with van der Waals surface area (Å²) in [5.74, 6) is 0. The minimum Gasteiger partial charge on any atom is -0.145 e. The van der Waals surface area contributed by atoms with Crippen LogP contribution in [0.3, 0.4) is 0 Å². The van der Waals surface area contributed by atoms with Crippen molar-refractivity contribution in [1.82, 2.24) is 0 Å². The van der Waals surface area contributed by atoms with Crippen molar-refractivity contribution in [3.63, 3.8) is 0 Å². The molecule has 1 aromatic rings. The molecule has 0 nitrogen and oxygen atoms in total. The zero-order valence-electron chi connectivity index (χ0n) is 8.11. The molecule has 0 saturated carbocycles. The normalized spacial score (nSPS) is 20.6. The second-order valence-electron chi connectivity index (χ2n) is 4.65. The molecule has 0 atom stereocenters. The summed E-state index contributed by atoms with van der Waals surface area (Å²) < 4.78 is 0. The van der Waals surface area contributed by atoms with Crippen LogP contribution >= 0.6 is 11.3 Å². The van der Waals surface area contributed by atoms with Crippen LogP contribution in [0.1, 0.15) is 35.6 Å². The molecule has 0 radical (unpaired) electrons. The molecule has 1 aromatic heterocycles. The molecule has 1 aliphatic rings. The first-order valence-corrected chi connectivity index (χ1v) is 5.47. The Morgan fingerprint density at radius 3 is 2.92 bits per heavy atom. The van der Waals surface area contributed by atoms with Crippen LogP contribution in [0.25, 0.3) is 0 Å². The van der Waals surface area contributed by atoms with Crippen molar-refractivity contribution in [1.29, 1.82) is 0 Å². The topological polar surface area (TPSA) is 0 Å². The van der Waals surface area contributed by atoms with Gasteiger partial charge in [0.2, 0.25) is 0 Å². The van der Waals surface area contributed by atoms with Crippen LogP contribution in [0, 0.1) is 12.3 Å². The highest BCUT2D eigenvalue weighted by molar-refractivity contribution is 7.12. The van der Waals surface area contributed by atoms with Gasteiger partial charge in [-0.15, -0.1) is 11.3 Å². The molecule has 0 saturated heterocycles. The summed E-state index contributed by atoms with van der Waals surface area (Å²) in [5, 5.41) is 0. The zero-order chi connectivity index (χ0) is 8.77. The third-order valence-electron chi connectivity index (χ3n) is 2.72. The Balaban J connectivity index is 2.34. The van der Waals surface area contributed by atoms with Gasteiger partial charge in [0.05, 0.1) is 0 Å². The first kappa shape index (κ1) is 8.31. The van der Waals surface area contributed by atoms with E-state index in [1.165, 1.54) is 24.1 Å². The van der Waals surface area contributed by atoms with E-state index in [1.807, 2.05) is 11.3 Å². The molecule has 12 heavy (non-hydrogen) atoms. The van der Waals surface area contributed by atoms with E-state index in [-0.39, 0.29) is 0 Å². The van der Waals surface area contributed by atoms with Crippen molar-refractivity contribution in [2.45, 2.75) is 40.0 Å². The van der Waals surface area contributed by atoms with E-state index >= 15 is 0 Å². The lowest BCUT2D eigenvalue weighted by Gasteiger charge is -2.29. The first-order valence-electron chi connectivity index (χ1n) is 4.65. The lowest BCUT2D eigenvalue weighted by Crippen LogP contribution is -2.20. The number of hydrogen-bond acceptors (Lipinski definition) is 1. The maximum Gasteiger partial charge on any atom is 0.00804 e. The summed E-state index contributed by atoms with van der Waals surface area (Å²) in [6.07, 6.45) is 3.95. The molecule has 1 aliphatic carbocycles. The standard InChI is InChI=1S/C11H16S/c1-8-6-9-7-11(2,3)5-4-10(9)12-8/h6H,4-5,7H2,1-3H3. The van der Waals surface area contributed by atoms with Gasteiger partial charge in [0.25, 0.3) is 0 Å². The smallest absolute Gasteiger partial charge is 0.00804 e. The highest BCUT2D eigenvalue weighted by Gasteiger charge is 2.26. The van der Waals surface area contributed by atoms with Gasteiger partial charge in [-0.3, -0.25) is 0 Å². The SMILES string of the molecule is Cc1cc2c(s1)CCC(C)(C)C2. The fourth-order valence-electron chi connectivity index (χ4n) is 2.03. The summed E-state index contributed by atoms with van der Waals surface area (Å²) in [5.41, 5.74) is 2.16. The van der Waals surface area contributed by atoms with Gasteiger partial charge >= 0.3 is 0 Å². The number of aryl methyl sites for hydroxylation is 2. The first-order chi connectivity index (χ1) is 5.57. The third kappa shape index (κ3) is 1.42. The molecular weight excluding hydrogens is 164 g/mol. The van der Waals surface area contributed by atoms with Crippen molar-refractivity contribution in [3.05, 3.63) is 21.4 Å². The second-order valence-corrected chi connectivity index (χ2v) is 5.99. The molecule has 0 unspecified atom stereocenters. The maximum atomic E-state index is 2.38. The maximum absolute atomic E-state index is 2.38. The minimum absolute atomic E-state index is 0.542. The van der Waals surface area contributed by atoms with Gasteiger partial charge < -0.3 is 0 Å². The van der Waals surface area contributed by atoms with E-state index < -0.39 is 0 Å². The highest BCUT2D eigenvalue weighted by Crippen LogP contribution is 2.38. The Labute approximate surface area is 78.6 Å². The quantitative estimate of drug-likeness (QED) is 0.572. The molecular formula is C11H16S. The van der Waals surface area contributed by atoms with Crippen molar-refractivity contribution in [2.24, 2.45) is 5.41 Å². The van der Waals surface area contributed by atoms with Gasteiger partial charge in [-0.25, -0.2) is 0 Å². The fraction of sp³-hybridized carbons (Fsp3) is 0.636. The van der Waals surface area contributed by atoms with Crippen molar-refractivity contribution in [3.8, 4) is 0 Å². The van der Waals surface area contributed by atoms with Gasteiger partial charge in [-0.05, 0) is 43.2 Å². The van der Waals surface area contributed by atoms with Gasteiger partial charge in [-0.1, -0.05) is 13.8 Å². The van der Waals surface area contributed by atoms with Crippen LogP contribution in [-0.2, 0) is 12.8 Å².